The standard InChI is InChI=1S/C19H20BrNO2/c1-4-23-15-7-5-6-13(10-15)12-21-18(22)16-11-14(20)8-9-17(16)19(21,2)3/h5-11H,4,12H2,1-3H3. The smallest absolute Gasteiger partial charge is 0.255 e. The van der Waals surface area contributed by atoms with E-state index < -0.39 is 0 Å². The Kier molecular flexibility index (Phi) is 4.19. The van der Waals surface area contributed by atoms with Crippen LogP contribution in [0.2, 0.25) is 0 Å². The van der Waals surface area contributed by atoms with Gasteiger partial charge in [-0.2, -0.15) is 0 Å². The van der Waals surface area contributed by atoms with Crippen molar-refractivity contribution in [3.8, 4) is 5.75 Å². The predicted molar refractivity (Wildman–Crippen MR) is 94.7 cm³/mol. The summed E-state index contributed by atoms with van der Waals surface area (Å²) in [4.78, 5) is 14.8. The lowest BCUT2D eigenvalue weighted by atomic mass is 9.93. The molecule has 0 unspecified atom stereocenters. The predicted octanol–water partition coefficient (Wildman–Crippen LogP) is 4.74. The summed E-state index contributed by atoms with van der Waals surface area (Å²) in [5.74, 6) is 0.919. The highest BCUT2D eigenvalue weighted by Gasteiger charge is 2.42. The van der Waals surface area contributed by atoms with Crippen molar-refractivity contribution in [1.82, 2.24) is 4.90 Å². The van der Waals surface area contributed by atoms with Crippen LogP contribution in [0.3, 0.4) is 0 Å². The van der Waals surface area contributed by atoms with Gasteiger partial charge in [-0.25, -0.2) is 0 Å². The Bertz CT molecular complexity index is 755. The van der Waals surface area contributed by atoms with Crippen LogP contribution >= 0.6 is 15.9 Å². The summed E-state index contributed by atoms with van der Waals surface area (Å²) >= 11 is 3.46. The van der Waals surface area contributed by atoms with Crippen molar-refractivity contribution in [2.24, 2.45) is 0 Å². The molecule has 1 aliphatic heterocycles. The number of benzene rings is 2. The highest BCUT2D eigenvalue weighted by molar-refractivity contribution is 9.10. The Balaban J connectivity index is 1.92. The van der Waals surface area contributed by atoms with Crippen LogP contribution in [0.5, 0.6) is 5.75 Å². The van der Waals surface area contributed by atoms with E-state index in [1.165, 1.54) is 0 Å². The molecule has 120 valence electrons. The van der Waals surface area contributed by atoms with Gasteiger partial charge >= 0.3 is 0 Å². The van der Waals surface area contributed by atoms with Crippen LogP contribution < -0.4 is 4.74 Å². The minimum absolute atomic E-state index is 0.0770. The van der Waals surface area contributed by atoms with Gasteiger partial charge in [-0.3, -0.25) is 4.79 Å². The van der Waals surface area contributed by atoms with Gasteiger partial charge in [0.2, 0.25) is 0 Å². The molecule has 0 fully saturated rings. The van der Waals surface area contributed by atoms with Gasteiger partial charge in [0, 0.05) is 16.6 Å². The van der Waals surface area contributed by atoms with Gasteiger partial charge in [0.1, 0.15) is 5.75 Å². The molecule has 0 atom stereocenters. The van der Waals surface area contributed by atoms with Crippen molar-refractivity contribution in [1.29, 1.82) is 0 Å². The normalized spacial score (nSPS) is 15.7. The summed E-state index contributed by atoms with van der Waals surface area (Å²) in [6.07, 6.45) is 0. The number of carbonyl (C=O) groups is 1. The number of rotatable bonds is 4. The highest BCUT2D eigenvalue weighted by Crippen LogP contribution is 2.40. The van der Waals surface area contributed by atoms with Gasteiger partial charge in [0.05, 0.1) is 12.1 Å². The molecule has 0 aliphatic carbocycles. The van der Waals surface area contributed by atoms with Crippen molar-refractivity contribution in [3.63, 3.8) is 0 Å². The minimum atomic E-state index is -0.325. The van der Waals surface area contributed by atoms with Crippen LogP contribution in [0.15, 0.2) is 46.9 Å². The molecule has 0 spiro atoms. The topological polar surface area (TPSA) is 29.5 Å². The second-order valence-corrected chi connectivity index (χ2v) is 7.14. The van der Waals surface area contributed by atoms with Crippen molar-refractivity contribution < 1.29 is 9.53 Å². The lowest BCUT2D eigenvalue weighted by Gasteiger charge is -2.32. The maximum atomic E-state index is 12.9. The zero-order valence-corrected chi connectivity index (χ0v) is 15.2. The molecule has 4 heteroatoms. The Morgan fingerprint density at radius 3 is 2.70 bits per heavy atom. The van der Waals surface area contributed by atoms with E-state index in [1.54, 1.807) is 0 Å². The van der Waals surface area contributed by atoms with Crippen molar-refractivity contribution in [2.75, 3.05) is 6.61 Å². The molecule has 0 N–H and O–H groups in total. The molecule has 0 saturated carbocycles. The molecular formula is C19H20BrNO2. The van der Waals surface area contributed by atoms with Gasteiger partial charge < -0.3 is 9.64 Å². The zero-order chi connectivity index (χ0) is 16.6. The molecule has 3 nitrogen and oxygen atoms in total. The van der Waals surface area contributed by atoms with E-state index in [4.69, 9.17) is 4.74 Å². The molecule has 1 amide bonds. The van der Waals surface area contributed by atoms with Crippen LogP contribution in [-0.2, 0) is 12.1 Å². The average Bonchev–Trinajstić information content (AvgIpc) is 2.69. The summed E-state index contributed by atoms with van der Waals surface area (Å²) in [5.41, 5.74) is 2.61. The number of hydrogen-bond donors (Lipinski definition) is 0. The monoisotopic (exact) mass is 373 g/mol. The second kappa shape index (κ2) is 6.00. The Morgan fingerprint density at radius 2 is 1.96 bits per heavy atom. The van der Waals surface area contributed by atoms with Crippen molar-refractivity contribution in [3.05, 3.63) is 63.6 Å². The van der Waals surface area contributed by atoms with Crippen LogP contribution in [0.25, 0.3) is 0 Å². The zero-order valence-electron chi connectivity index (χ0n) is 13.6. The van der Waals surface area contributed by atoms with Gasteiger partial charge in [-0.15, -0.1) is 0 Å². The van der Waals surface area contributed by atoms with Gasteiger partial charge in [0.15, 0.2) is 0 Å². The number of hydrogen-bond acceptors (Lipinski definition) is 2. The van der Waals surface area contributed by atoms with Gasteiger partial charge in [-0.1, -0.05) is 34.1 Å². The number of fused-ring (bicyclic) bond motifs is 1. The molecule has 0 saturated heterocycles. The van der Waals surface area contributed by atoms with E-state index >= 15 is 0 Å². The number of nitrogens with zero attached hydrogens (tertiary/aromatic N) is 1. The number of amides is 1. The van der Waals surface area contributed by atoms with E-state index in [2.05, 4.69) is 29.8 Å². The van der Waals surface area contributed by atoms with Gasteiger partial charge in [-0.05, 0) is 56.2 Å². The fraction of sp³-hybridized carbons (Fsp3) is 0.316. The summed E-state index contributed by atoms with van der Waals surface area (Å²) in [5, 5.41) is 0. The van der Waals surface area contributed by atoms with E-state index in [0.717, 1.165) is 26.9 Å². The maximum absolute atomic E-state index is 12.9. The maximum Gasteiger partial charge on any atom is 0.255 e. The number of carbonyl (C=O) groups excluding carboxylic acids is 1. The molecule has 0 aromatic heterocycles. The van der Waals surface area contributed by atoms with Crippen LogP contribution in [0, 0.1) is 0 Å². The van der Waals surface area contributed by atoms with E-state index in [9.17, 15) is 4.79 Å². The quantitative estimate of drug-likeness (QED) is 0.774. The average molecular weight is 374 g/mol. The summed E-state index contributed by atoms with van der Waals surface area (Å²) < 4.78 is 6.49. The van der Waals surface area contributed by atoms with Crippen LogP contribution in [0.1, 0.15) is 42.3 Å². The third kappa shape index (κ3) is 2.88. The molecule has 1 aliphatic rings. The first-order valence-corrected chi connectivity index (χ1v) is 8.56. The van der Waals surface area contributed by atoms with Crippen molar-refractivity contribution in [2.45, 2.75) is 32.9 Å². The molecule has 0 radical (unpaired) electrons. The van der Waals surface area contributed by atoms with Crippen molar-refractivity contribution >= 4 is 21.8 Å². The molecule has 1 heterocycles. The first-order valence-electron chi connectivity index (χ1n) is 7.77. The third-order valence-electron chi connectivity index (χ3n) is 4.34. The van der Waals surface area contributed by atoms with E-state index in [1.807, 2.05) is 54.3 Å². The third-order valence-corrected chi connectivity index (χ3v) is 4.83. The number of ether oxygens (including phenoxy) is 1. The fourth-order valence-corrected chi connectivity index (χ4v) is 3.48. The summed E-state index contributed by atoms with van der Waals surface area (Å²) in [6.45, 7) is 7.36. The van der Waals surface area contributed by atoms with E-state index in [-0.39, 0.29) is 11.4 Å². The van der Waals surface area contributed by atoms with Crippen LogP contribution in [-0.4, -0.2) is 17.4 Å². The highest BCUT2D eigenvalue weighted by atomic mass is 79.9. The van der Waals surface area contributed by atoms with E-state index in [0.29, 0.717) is 13.2 Å². The SMILES string of the molecule is CCOc1cccc(CN2C(=O)c3cc(Br)ccc3C2(C)C)c1. The Morgan fingerprint density at radius 1 is 1.17 bits per heavy atom. The lowest BCUT2D eigenvalue weighted by Crippen LogP contribution is -2.38. The Labute approximate surface area is 145 Å². The largest absolute Gasteiger partial charge is 0.494 e. The first kappa shape index (κ1) is 16.1. The molecule has 2 aromatic rings. The summed E-state index contributed by atoms with van der Waals surface area (Å²) in [7, 11) is 0. The molecule has 0 bridgehead atoms. The Hall–Kier alpha value is -1.81. The second-order valence-electron chi connectivity index (χ2n) is 6.22. The molecular weight excluding hydrogens is 354 g/mol. The molecule has 2 aromatic carbocycles. The number of halogens is 1. The summed E-state index contributed by atoms with van der Waals surface area (Å²) in [6, 6.07) is 13.9. The van der Waals surface area contributed by atoms with Crippen LogP contribution in [0.4, 0.5) is 0 Å². The first-order chi connectivity index (χ1) is 10.9. The fourth-order valence-electron chi connectivity index (χ4n) is 3.12. The molecule has 23 heavy (non-hydrogen) atoms. The minimum Gasteiger partial charge on any atom is -0.494 e. The lowest BCUT2D eigenvalue weighted by molar-refractivity contribution is 0.0595. The molecule has 3 rings (SSSR count). The van der Waals surface area contributed by atoms with Gasteiger partial charge in [0.25, 0.3) is 5.91 Å².